The maximum absolute atomic E-state index is 12.9. The van der Waals surface area contributed by atoms with Crippen LogP contribution in [0, 0.1) is 0 Å². The Morgan fingerprint density at radius 2 is 2.07 bits per heavy atom. The van der Waals surface area contributed by atoms with E-state index in [1.807, 2.05) is 23.1 Å². The number of aryl methyl sites for hydroxylation is 1. The lowest BCUT2D eigenvalue weighted by Crippen LogP contribution is -2.36. The number of pyridine rings is 1. The number of carbonyl (C=O) groups excluding carboxylic acids is 1. The molecular formula is C22H25N5O2. The molecule has 1 aromatic carbocycles. The van der Waals surface area contributed by atoms with Crippen LogP contribution in [-0.4, -0.2) is 50.3 Å². The van der Waals surface area contributed by atoms with Crippen LogP contribution in [0.15, 0.2) is 55.0 Å². The fraction of sp³-hybridized carbons (Fsp3) is 0.364. The number of carbonyl (C=O) groups is 1. The second-order valence-corrected chi connectivity index (χ2v) is 7.28. The molecule has 2 aromatic heterocycles. The molecule has 0 saturated carbocycles. The van der Waals surface area contributed by atoms with E-state index in [4.69, 9.17) is 4.74 Å². The van der Waals surface area contributed by atoms with Crippen LogP contribution in [-0.2, 0) is 13.0 Å². The molecule has 7 heteroatoms. The zero-order chi connectivity index (χ0) is 20.1. The second-order valence-electron chi connectivity index (χ2n) is 7.28. The first-order valence-corrected chi connectivity index (χ1v) is 9.96. The van der Waals surface area contributed by atoms with E-state index in [1.54, 1.807) is 31.8 Å². The standard InChI is InChI=1S/C22H25N5O2/c1-29-21-12-9-18(14-23-21)22(28)27-13-5-8-19(27)10-11-20-25-24-16-26(20)15-17-6-3-2-4-7-17/h2-4,6-7,9,12,14,16,19H,5,8,10-11,13,15H2,1H3. The smallest absolute Gasteiger partial charge is 0.255 e. The van der Waals surface area contributed by atoms with Crippen LogP contribution in [0.1, 0.15) is 41.0 Å². The summed E-state index contributed by atoms with van der Waals surface area (Å²) in [5.74, 6) is 1.50. The van der Waals surface area contributed by atoms with Crippen molar-refractivity contribution in [1.29, 1.82) is 0 Å². The molecule has 29 heavy (non-hydrogen) atoms. The molecule has 0 aliphatic carbocycles. The van der Waals surface area contributed by atoms with Gasteiger partial charge in [0.05, 0.1) is 19.2 Å². The van der Waals surface area contributed by atoms with Crippen LogP contribution in [0.25, 0.3) is 0 Å². The van der Waals surface area contributed by atoms with Crippen molar-refractivity contribution < 1.29 is 9.53 Å². The van der Waals surface area contributed by atoms with E-state index < -0.39 is 0 Å². The van der Waals surface area contributed by atoms with Gasteiger partial charge in [-0.05, 0) is 30.9 Å². The van der Waals surface area contributed by atoms with Gasteiger partial charge >= 0.3 is 0 Å². The largest absolute Gasteiger partial charge is 0.481 e. The van der Waals surface area contributed by atoms with E-state index >= 15 is 0 Å². The number of hydrogen-bond acceptors (Lipinski definition) is 5. The Bertz CT molecular complexity index is 939. The van der Waals surface area contributed by atoms with Crippen molar-refractivity contribution >= 4 is 5.91 Å². The number of likely N-dealkylation sites (tertiary alicyclic amines) is 1. The predicted octanol–water partition coefficient (Wildman–Crippen LogP) is 2.97. The normalized spacial score (nSPS) is 16.2. The quantitative estimate of drug-likeness (QED) is 0.619. The minimum atomic E-state index is 0.0356. The molecule has 0 radical (unpaired) electrons. The van der Waals surface area contributed by atoms with Gasteiger partial charge in [-0.15, -0.1) is 10.2 Å². The van der Waals surface area contributed by atoms with Crippen LogP contribution in [0.2, 0.25) is 0 Å². The summed E-state index contributed by atoms with van der Waals surface area (Å²) < 4.78 is 7.17. The second kappa shape index (κ2) is 8.86. The molecule has 150 valence electrons. The van der Waals surface area contributed by atoms with Crippen LogP contribution >= 0.6 is 0 Å². The van der Waals surface area contributed by atoms with E-state index in [2.05, 4.69) is 31.9 Å². The molecule has 0 bridgehead atoms. The van der Waals surface area contributed by atoms with Gasteiger partial charge < -0.3 is 14.2 Å². The Kier molecular flexibility index (Phi) is 5.84. The summed E-state index contributed by atoms with van der Waals surface area (Å²) in [5.41, 5.74) is 1.82. The maximum atomic E-state index is 12.9. The van der Waals surface area contributed by atoms with Crippen molar-refractivity contribution in [2.24, 2.45) is 0 Å². The summed E-state index contributed by atoms with van der Waals surface area (Å²) >= 11 is 0. The summed E-state index contributed by atoms with van der Waals surface area (Å²) in [4.78, 5) is 19.1. The Hall–Kier alpha value is -3.22. The third kappa shape index (κ3) is 4.45. The number of ether oxygens (including phenoxy) is 1. The topological polar surface area (TPSA) is 73.1 Å². The molecule has 7 nitrogen and oxygen atoms in total. The van der Waals surface area contributed by atoms with E-state index in [-0.39, 0.29) is 11.9 Å². The summed E-state index contributed by atoms with van der Waals surface area (Å²) in [6.45, 7) is 1.54. The summed E-state index contributed by atoms with van der Waals surface area (Å²) in [6, 6.07) is 14.0. The van der Waals surface area contributed by atoms with E-state index in [9.17, 15) is 4.79 Å². The molecule has 1 fully saturated rings. The van der Waals surface area contributed by atoms with Crippen LogP contribution in [0.3, 0.4) is 0 Å². The molecule has 1 amide bonds. The van der Waals surface area contributed by atoms with Gasteiger partial charge in [0.2, 0.25) is 5.88 Å². The first-order chi connectivity index (χ1) is 14.2. The number of hydrogen-bond donors (Lipinski definition) is 0. The lowest BCUT2D eigenvalue weighted by Gasteiger charge is -2.24. The summed E-state index contributed by atoms with van der Waals surface area (Å²) in [6.07, 6.45) is 7.08. The fourth-order valence-electron chi connectivity index (χ4n) is 3.88. The third-order valence-electron chi connectivity index (χ3n) is 5.42. The Morgan fingerprint density at radius 1 is 1.21 bits per heavy atom. The van der Waals surface area contributed by atoms with Gasteiger partial charge in [-0.25, -0.2) is 4.98 Å². The van der Waals surface area contributed by atoms with Crippen molar-refractivity contribution in [2.45, 2.75) is 38.3 Å². The van der Waals surface area contributed by atoms with Crippen LogP contribution in [0.5, 0.6) is 5.88 Å². The van der Waals surface area contributed by atoms with E-state index in [0.29, 0.717) is 11.4 Å². The number of methoxy groups -OCH3 is 1. The summed E-state index contributed by atoms with van der Waals surface area (Å²) in [7, 11) is 1.57. The van der Waals surface area contributed by atoms with E-state index in [0.717, 1.165) is 44.6 Å². The monoisotopic (exact) mass is 391 g/mol. The van der Waals surface area contributed by atoms with E-state index in [1.165, 1.54) is 5.56 Å². The zero-order valence-corrected chi connectivity index (χ0v) is 16.6. The number of nitrogens with zero attached hydrogens (tertiary/aromatic N) is 5. The SMILES string of the molecule is COc1ccc(C(=O)N2CCCC2CCc2nncn2Cc2ccccc2)cn1. The molecule has 3 aromatic rings. The molecule has 4 rings (SSSR count). The molecule has 1 aliphatic rings. The number of aromatic nitrogens is 4. The highest BCUT2D eigenvalue weighted by molar-refractivity contribution is 5.94. The molecular weight excluding hydrogens is 366 g/mol. The van der Waals surface area contributed by atoms with Gasteiger partial charge in [-0.2, -0.15) is 0 Å². The lowest BCUT2D eigenvalue weighted by molar-refractivity contribution is 0.0729. The van der Waals surface area contributed by atoms with Gasteiger partial charge in [0, 0.05) is 31.3 Å². The molecule has 1 aliphatic heterocycles. The average molecular weight is 391 g/mol. The Morgan fingerprint density at radius 3 is 2.83 bits per heavy atom. The number of amides is 1. The minimum Gasteiger partial charge on any atom is -0.481 e. The third-order valence-corrected chi connectivity index (χ3v) is 5.42. The fourth-order valence-corrected chi connectivity index (χ4v) is 3.88. The molecule has 0 spiro atoms. The number of rotatable bonds is 7. The number of benzene rings is 1. The first-order valence-electron chi connectivity index (χ1n) is 9.96. The molecule has 0 N–H and O–H groups in total. The van der Waals surface area contributed by atoms with Crippen molar-refractivity contribution in [3.63, 3.8) is 0 Å². The van der Waals surface area contributed by atoms with Gasteiger partial charge in [-0.3, -0.25) is 4.79 Å². The van der Waals surface area contributed by atoms with Gasteiger partial charge in [-0.1, -0.05) is 30.3 Å². The molecule has 1 saturated heterocycles. The lowest BCUT2D eigenvalue weighted by atomic mass is 10.1. The highest BCUT2D eigenvalue weighted by Gasteiger charge is 2.29. The minimum absolute atomic E-state index is 0.0356. The molecule has 1 unspecified atom stereocenters. The van der Waals surface area contributed by atoms with Crippen molar-refractivity contribution in [2.75, 3.05) is 13.7 Å². The average Bonchev–Trinajstić information content (AvgIpc) is 3.42. The van der Waals surface area contributed by atoms with Crippen molar-refractivity contribution in [1.82, 2.24) is 24.6 Å². The Balaban J connectivity index is 1.39. The Labute approximate surface area is 170 Å². The van der Waals surface area contributed by atoms with Crippen molar-refractivity contribution in [3.8, 4) is 5.88 Å². The highest BCUT2D eigenvalue weighted by Crippen LogP contribution is 2.24. The van der Waals surface area contributed by atoms with Crippen LogP contribution < -0.4 is 4.74 Å². The molecule has 3 heterocycles. The van der Waals surface area contributed by atoms with Gasteiger partial charge in [0.1, 0.15) is 12.2 Å². The van der Waals surface area contributed by atoms with Crippen LogP contribution in [0.4, 0.5) is 0 Å². The predicted molar refractivity (Wildman–Crippen MR) is 109 cm³/mol. The zero-order valence-electron chi connectivity index (χ0n) is 16.6. The summed E-state index contributed by atoms with van der Waals surface area (Å²) in [5, 5.41) is 8.40. The first kappa shape index (κ1) is 19.1. The molecule has 1 atom stereocenters. The van der Waals surface area contributed by atoms with Gasteiger partial charge in [0.25, 0.3) is 5.91 Å². The van der Waals surface area contributed by atoms with Gasteiger partial charge in [0.15, 0.2) is 0 Å². The maximum Gasteiger partial charge on any atom is 0.255 e. The highest BCUT2D eigenvalue weighted by atomic mass is 16.5. The van der Waals surface area contributed by atoms with Crippen molar-refractivity contribution in [3.05, 3.63) is 71.9 Å².